The van der Waals surface area contributed by atoms with Crippen LogP contribution in [0.5, 0.6) is 0 Å². The topological polar surface area (TPSA) is 0 Å². The zero-order chi connectivity index (χ0) is 19.7. The van der Waals surface area contributed by atoms with Crippen LogP contribution in [0.3, 0.4) is 0 Å². The minimum absolute atomic E-state index is 0. The first kappa shape index (κ1) is 28.7. The van der Waals surface area contributed by atoms with Crippen LogP contribution in [-0.4, -0.2) is 8.41 Å². The van der Waals surface area contributed by atoms with Crippen molar-refractivity contribution in [2.75, 3.05) is 0 Å². The molecule has 3 radical (unpaired) electrons. The summed E-state index contributed by atoms with van der Waals surface area (Å²) in [5.41, 5.74) is 8.30. The number of hydrogen-bond acceptors (Lipinski definition) is 0. The molecule has 0 amide bonds. The van der Waals surface area contributed by atoms with Crippen LogP contribution in [0.15, 0.2) is 36.4 Å². The van der Waals surface area contributed by atoms with Gasteiger partial charge in [-0.2, -0.15) is 0 Å². The zero-order valence-corrected chi connectivity index (χ0v) is 19.0. The summed E-state index contributed by atoms with van der Waals surface area (Å²) in [5, 5.41) is 0. The van der Waals surface area contributed by atoms with Gasteiger partial charge in [0.25, 0.3) is 0 Å². The summed E-state index contributed by atoms with van der Waals surface area (Å²) in [6.07, 6.45) is 5.89. The first-order valence-electron chi connectivity index (χ1n) is 10.3. The fourth-order valence-electron chi connectivity index (χ4n) is 3.16. The standard InChI is InChI=1S/C10H14.C8H16.C8H10.CH4.B/c1-7-5-6-8(2)10(4)9(7)3;2*1-7-3-5-8(2)6-4-7;;/h5-6H,1-4H3;7-8H,3-6H2,1-2H3;3-6H,1-2H3;1H4;. The van der Waals surface area contributed by atoms with E-state index in [1.165, 1.54) is 59.1 Å². The Kier molecular flexibility index (Phi) is 14.9. The van der Waals surface area contributed by atoms with Crippen molar-refractivity contribution in [3.05, 3.63) is 69.8 Å². The van der Waals surface area contributed by atoms with E-state index < -0.39 is 0 Å². The van der Waals surface area contributed by atoms with Gasteiger partial charge in [-0.25, -0.2) is 0 Å². The van der Waals surface area contributed by atoms with E-state index >= 15 is 0 Å². The Bertz CT molecular complexity index is 589. The Balaban J connectivity index is 0. The van der Waals surface area contributed by atoms with Gasteiger partial charge in [0.15, 0.2) is 0 Å². The van der Waals surface area contributed by atoms with Gasteiger partial charge in [0.2, 0.25) is 0 Å². The van der Waals surface area contributed by atoms with Gasteiger partial charge >= 0.3 is 0 Å². The second-order valence-corrected chi connectivity index (χ2v) is 8.47. The van der Waals surface area contributed by atoms with E-state index in [2.05, 4.69) is 91.8 Å². The second-order valence-electron chi connectivity index (χ2n) is 8.47. The third kappa shape index (κ3) is 10.7. The van der Waals surface area contributed by atoms with Crippen molar-refractivity contribution < 1.29 is 0 Å². The van der Waals surface area contributed by atoms with E-state index in [1.807, 2.05) is 0 Å². The molecule has 1 heteroatoms. The highest BCUT2D eigenvalue weighted by Gasteiger charge is 2.13. The normalized spacial score (nSPS) is 17.6. The second kappa shape index (κ2) is 14.5. The number of hydrogen-bond donors (Lipinski definition) is 0. The third-order valence-electron chi connectivity index (χ3n) is 5.85. The van der Waals surface area contributed by atoms with Gasteiger partial charge in [0.1, 0.15) is 0 Å². The maximum atomic E-state index is 2.37. The molecule has 0 aromatic heterocycles. The van der Waals surface area contributed by atoms with Crippen LogP contribution < -0.4 is 0 Å². The van der Waals surface area contributed by atoms with E-state index in [-0.39, 0.29) is 15.8 Å². The van der Waals surface area contributed by atoms with Crippen molar-refractivity contribution in [3.63, 3.8) is 0 Å². The Labute approximate surface area is 178 Å². The first-order valence-corrected chi connectivity index (χ1v) is 10.3. The van der Waals surface area contributed by atoms with Gasteiger partial charge in [0, 0.05) is 8.41 Å². The summed E-state index contributed by atoms with van der Waals surface area (Å²) in [4.78, 5) is 0. The van der Waals surface area contributed by atoms with Gasteiger partial charge in [-0.1, -0.05) is 94.5 Å². The van der Waals surface area contributed by atoms with Crippen LogP contribution in [0.2, 0.25) is 0 Å². The van der Waals surface area contributed by atoms with Gasteiger partial charge in [-0.15, -0.1) is 0 Å². The number of benzene rings is 2. The average Bonchev–Trinajstić information content (AvgIpc) is 2.63. The van der Waals surface area contributed by atoms with Gasteiger partial charge < -0.3 is 0 Å². The molecule has 1 saturated carbocycles. The molecule has 28 heavy (non-hydrogen) atoms. The van der Waals surface area contributed by atoms with E-state index in [0.29, 0.717) is 0 Å². The Morgan fingerprint density at radius 2 is 0.786 bits per heavy atom. The molecular weight excluding hydrogens is 335 g/mol. The van der Waals surface area contributed by atoms with Crippen molar-refractivity contribution in [2.24, 2.45) is 11.8 Å². The van der Waals surface area contributed by atoms with Crippen molar-refractivity contribution >= 4 is 8.41 Å². The van der Waals surface area contributed by atoms with Gasteiger partial charge in [-0.05, 0) is 75.6 Å². The lowest BCUT2D eigenvalue weighted by atomic mass is 9.84. The highest BCUT2D eigenvalue weighted by atomic mass is 14.2. The molecule has 2 aromatic rings. The molecule has 0 heterocycles. The quantitative estimate of drug-likeness (QED) is 0.404. The van der Waals surface area contributed by atoms with E-state index in [9.17, 15) is 0 Å². The summed E-state index contributed by atoms with van der Waals surface area (Å²) in [7, 11) is 0. The third-order valence-corrected chi connectivity index (χ3v) is 5.85. The molecule has 0 N–H and O–H groups in total. The minimum atomic E-state index is 0. The molecule has 2 aromatic carbocycles. The molecule has 1 aliphatic carbocycles. The van der Waals surface area contributed by atoms with Gasteiger partial charge in [-0.3, -0.25) is 0 Å². The monoisotopic (exact) mass is 379 g/mol. The fraction of sp³-hybridized carbons (Fsp3) is 0.556. The smallest absolute Gasteiger partial charge is 0 e. The molecule has 1 fully saturated rings. The molecular formula is C27H44B. The SMILES string of the molecule is C.CC1CCC(C)CC1.Cc1ccc(C)c(C)c1C.Cc1ccc(C)cc1.[B]. The van der Waals surface area contributed by atoms with E-state index in [0.717, 1.165) is 11.8 Å². The lowest BCUT2D eigenvalue weighted by Crippen LogP contribution is -2.08. The molecule has 155 valence electrons. The Hall–Kier alpha value is -1.50. The summed E-state index contributed by atoms with van der Waals surface area (Å²) < 4.78 is 0. The molecule has 1 aliphatic rings. The number of rotatable bonds is 0. The van der Waals surface area contributed by atoms with Crippen molar-refractivity contribution in [1.29, 1.82) is 0 Å². The molecule has 0 bridgehead atoms. The molecule has 0 saturated heterocycles. The lowest BCUT2D eigenvalue weighted by Gasteiger charge is -2.22. The highest BCUT2D eigenvalue weighted by molar-refractivity contribution is 5.75. The molecule has 0 spiro atoms. The van der Waals surface area contributed by atoms with Crippen molar-refractivity contribution in [2.45, 2.75) is 88.5 Å². The van der Waals surface area contributed by atoms with Crippen molar-refractivity contribution in [3.8, 4) is 0 Å². The summed E-state index contributed by atoms with van der Waals surface area (Å²) in [6.45, 7) is 17.6. The maximum absolute atomic E-state index is 2.37. The number of aryl methyl sites for hydroxylation is 4. The predicted molar refractivity (Wildman–Crippen MR) is 131 cm³/mol. The average molecular weight is 379 g/mol. The van der Waals surface area contributed by atoms with Crippen LogP contribution in [0.1, 0.15) is 80.3 Å². The summed E-state index contributed by atoms with van der Waals surface area (Å²) >= 11 is 0. The highest BCUT2D eigenvalue weighted by Crippen LogP contribution is 2.27. The van der Waals surface area contributed by atoms with Crippen molar-refractivity contribution in [1.82, 2.24) is 0 Å². The van der Waals surface area contributed by atoms with Gasteiger partial charge in [0.05, 0.1) is 0 Å². The van der Waals surface area contributed by atoms with E-state index in [4.69, 9.17) is 0 Å². The molecule has 0 nitrogen and oxygen atoms in total. The summed E-state index contributed by atoms with van der Waals surface area (Å²) in [5.74, 6) is 2.04. The lowest BCUT2D eigenvalue weighted by molar-refractivity contribution is 0.308. The van der Waals surface area contributed by atoms with Crippen LogP contribution in [0, 0.1) is 53.4 Å². The Morgan fingerprint density at radius 3 is 1.04 bits per heavy atom. The van der Waals surface area contributed by atoms with Crippen LogP contribution in [-0.2, 0) is 0 Å². The Morgan fingerprint density at radius 1 is 0.536 bits per heavy atom. The molecule has 0 atom stereocenters. The minimum Gasteiger partial charge on any atom is -0.0776 e. The fourth-order valence-corrected chi connectivity index (χ4v) is 3.16. The molecule has 0 unspecified atom stereocenters. The van der Waals surface area contributed by atoms with Crippen LogP contribution in [0.4, 0.5) is 0 Å². The largest absolute Gasteiger partial charge is 0.0776 e. The van der Waals surface area contributed by atoms with Crippen LogP contribution in [0.25, 0.3) is 0 Å². The van der Waals surface area contributed by atoms with E-state index in [1.54, 1.807) is 0 Å². The van der Waals surface area contributed by atoms with Crippen LogP contribution >= 0.6 is 0 Å². The first-order chi connectivity index (χ1) is 12.2. The maximum Gasteiger partial charge on any atom is 0 e. The zero-order valence-electron chi connectivity index (χ0n) is 19.0. The summed E-state index contributed by atoms with van der Waals surface area (Å²) in [6, 6.07) is 12.8. The molecule has 0 aliphatic heterocycles. The molecule has 3 rings (SSSR count). The predicted octanol–water partition coefficient (Wildman–Crippen LogP) is 8.31.